The molecule has 0 fully saturated rings. The number of carboxylic acid groups (broad SMARTS) is 1. The third-order valence-corrected chi connectivity index (χ3v) is 3.63. The highest BCUT2D eigenvalue weighted by molar-refractivity contribution is 5.82. The molecule has 0 aliphatic carbocycles. The topological polar surface area (TPSA) is 76.7 Å². The van der Waals surface area contributed by atoms with Gasteiger partial charge in [-0.1, -0.05) is 30.3 Å². The summed E-state index contributed by atoms with van der Waals surface area (Å²) in [5.74, 6) is -0.306. The largest absolute Gasteiger partial charge is 0.493 e. The number of aliphatic carboxylic acids is 1. The van der Waals surface area contributed by atoms with Crippen molar-refractivity contribution in [1.29, 1.82) is 0 Å². The van der Waals surface area contributed by atoms with Gasteiger partial charge in [-0.3, -0.25) is 9.59 Å². The maximum Gasteiger partial charge on any atom is 0.303 e. The third-order valence-electron chi connectivity index (χ3n) is 3.63. The maximum absolute atomic E-state index is 12.6. The fraction of sp³-hybridized carbons (Fsp3) is 0.158. The van der Waals surface area contributed by atoms with Gasteiger partial charge in [0, 0.05) is 12.5 Å². The van der Waals surface area contributed by atoms with Crippen LogP contribution in [-0.4, -0.2) is 17.7 Å². The number of carbonyl (C=O) groups is 1. The zero-order valence-electron chi connectivity index (χ0n) is 12.9. The first-order valence-electron chi connectivity index (χ1n) is 7.61. The summed E-state index contributed by atoms with van der Waals surface area (Å²) in [5.41, 5.74) is 1.66. The molecule has 0 spiro atoms. The van der Waals surface area contributed by atoms with Gasteiger partial charge in [0.15, 0.2) is 5.43 Å². The SMILES string of the molecule is O=C(O)CCCOc1ccc2c(=O)c(-c3ccccc3)coc2c1. The molecule has 5 nitrogen and oxygen atoms in total. The van der Waals surface area contributed by atoms with Crippen LogP contribution in [0.1, 0.15) is 12.8 Å². The smallest absolute Gasteiger partial charge is 0.303 e. The van der Waals surface area contributed by atoms with Gasteiger partial charge in [-0.05, 0) is 24.1 Å². The molecule has 1 aromatic heterocycles. The quantitative estimate of drug-likeness (QED) is 0.700. The number of rotatable bonds is 6. The maximum atomic E-state index is 12.6. The Kier molecular flexibility index (Phi) is 4.61. The van der Waals surface area contributed by atoms with E-state index < -0.39 is 5.97 Å². The predicted molar refractivity (Wildman–Crippen MR) is 90.3 cm³/mol. The van der Waals surface area contributed by atoms with Gasteiger partial charge in [0.1, 0.15) is 17.6 Å². The predicted octanol–water partition coefficient (Wildman–Crippen LogP) is 3.70. The van der Waals surface area contributed by atoms with Crippen LogP contribution < -0.4 is 10.2 Å². The van der Waals surface area contributed by atoms with E-state index in [1.54, 1.807) is 18.2 Å². The second-order valence-electron chi connectivity index (χ2n) is 5.35. The van der Waals surface area contributed by atoms with Gasteiger partial charge < -0.3 is 14.3 Å². The monoisotopic (exact) mass is 324 g/mol. The van der Waals surface area contributed by atoms with Crippen molar-refractivity contribution in [1.82, 2.24) is 0 Å². The fourth-order valence-electron chi connectivity index (χ4n) is 2.43. The highest BCUT2D eigenvalue weighted by Crippen LogP contribution is 2.23. The van der Waals surface area contributed by atoms with Gasteiger partial charge in [0.25, 0.3) is 0 Å². The van der Waals surface area contributed by atoms with Crippen LogP contribution in [0.2, 0.25) is 0 Å². The molecule has 0 atom stereocenters. The molecule has 1 N–H and O–H groups in total. The summed E-state index contributed by atoms with van der Waals surface area (Å²) in [7, 11) is 0. The van der Waals surface area contributed by atoms with E-state index in [0.29, 0.717) is 35.3 Å². The summed E-state index contributed by atoms with van der Waals surface area (Å²) in [5, 5.41) is 9.08. The molecule has 3 aromatic rings. The van der Waals surface area contributed by atoms with E-state index in [1.165, 1.54) is 6.26 Å². The molecular weight excluding hydrogens is 308 g/mol. The minimum atomic E-state index is -0.850. The van der Waals surface area contributed by atoms with E-state index >= 15 is 0 Å². The van der Waals surface area contributed by atoms with Crippen molar-refractivity contribution in [2.75, 3.05) is 6.61 Å². The van der Waals surface area contributed by atoms with Gasteiger partial charge >= 0.3 is 5.97 Å². The number of hydrogen-bond donors (Lipinski definition) is 1. The van der Waals surface area contributed by atoms with Crippen LogP contribution in [0.25, 0.3) is 22.1 Å². The van der Waals surface area contributed by atoms with Crippen LogP contribution in [0.3, 0.4) is 0 Å². The molecule has 0 amide bonds. The van der Waals surface area contributed by atoms with Crippen LogP contribution in [-0.2, 0) is 4.79 Å². The Hall–Kier alpha value is -3.08. The van der Waals surface area contributed by atoms with Crippen molar-refractivity contribution >= 4 is 16.9 Å². The molecule has 24 heavy (non-hydrogen) atoms. The molecule has 5 heteroatoms. The normalized spacial score (nSPS) is 10.7. The van der Waals surface area contributed by atoms with Crippen LogP contribution in [0.5, 0.6) is 5.75 Å². The Morgan fingerprint density at radius 2 is 1.92 bits per heavy atom. The lowest BCUT2D eigenvalue weighted by molar-refractivity contribution is -0.137. The van der Waals surface area contributed by atoms with Gasteiger partial charge in [-0.15, -0.1) is 0 Å². The zero-order valence-corrected chi connectivity index (χ0v) is 12.9. The van der Waals surface area contributed by atoms with E-state index in [9.17, 15) is 9.59 Å². The molecule has 0 radical (unpaired) electrons. The summed E-state index contributed by atoms with van der Waals surface area (Å²) in [4.78, 5) is 23.1. The van der Waals surface area contributed by atoms with Gasteiger partial charge in [0.2, 0.25) is 0 Å². The minimum Gasteiger partial charge on any atom is -0.493 e. The van der Waals surface area contributed by atoms with E-state index in [1.807, 2.05) is 30.3 Å². The molecule has 2 aromatic carbocycles. The number of hydrogen-bond acceptors (Lipinski definition) is 4. The molecule has 0 unspecified atom stereocenters. The molecule has 0 bridgehead atoms. The van der Waals surface area contributed by atoms with Gasteiger partial charge in [-0.25, -0.2) is 0 Å². The van der Waals surface area contributed by atoms with E-state index in [-0.39, 0.29) is 11.8 Å². The van der Waals surface area contributed by atoms with Crippen molar-refractivity contribution in [3.8, 4) is 16.9 Å². The first kappa shape index (κ1) is 15.8. The Morgan fingerprint density at radius 3 is 2.67 bits per heavy atom. The molecule has 3 rings (SSSR count). The zero-order chi connectivity index (χ0) is 16.9. The first-order valence-corrected chi connectivity index (χ1v) is 7.61. The Labute approximate surface area is 138 Å². The number of ether oxygens (including phenoxy) is 1. The van der Waals surface area contributed by atoms with E-state index in [2.05, 4.69) is 0 Å². The highest BCUT2D eigenvalue weighted by Gasteiger charge is 2.10. The molecular formula is C19H16O5. The van der Waals surface area contributed by atoms with E-state index in [0.717, 1.165) is 5.56 Å². The average Bonchev–Trinajstić information content (AvgIpc) is 2.59. The van der Waals surface area contributed by atoms with Gasteiger partial charge in [-0.2, -0.15) is 0 Å². The Morgan fingerprint density at radius 1 is 1.12 bits per heavy atom. The lowest BCUT2D eigenvalue weighted by Gasteiger charge is -2.07. The molecule has 0 saturated carbocycles. The lowest BCUT2D eigenvalue weighted by atomic mass is 10.1. The average molecular weight is 324 g/mol. The molecule has 1 heterocycles. The standard InChI is InChI=1S/C19H16O5/c20-18(21)7-4-10-23-14-8-9-15-17(11-14)24-12-16(19(15)22)13-5-2-1-3-6-13/h1-3,5-6,8-9,11-12H,4,7,10H2,(H,20,21). The molecule has 0 aliphatic heterocycles. The lowest BCUT2D eigenvalue weighted by Crippen LogP contribution is -2.05. The van der Waals surface area contributed by atoms with E-state index in [4.69, 9.17) is 14.3 Å². The van der Waals surface area contributed by atoms with Crippen molar-refractivity contribution in [3.63, 3.8) is 0 Å². The summed E-state index contributed by atoms with van der Waals surface area (Å²) < 4.78 is 11.1. The molecule has 0 aliphatic rings. The third kappa shape index (κ3) is 3.46. The van der Waals surface area contributed by atoms with Crippen molar-refractivity contribution in [2.45, 2.75) is 12.8 Å². The van der Waals surface area contributed by atoms with Crippen molar-refractivity contribution in [3.05, 3.63) is 65.0 Å². The Bertz CT molecular complexity index is 912. The minimum absolute atomic E-state index is 0.0586. The van der Waals surface area contributed by atoms with Gasteiger partial charge in [0.05, 0.1) is 17.6 Å². The highest BCUT2D eigenvalue weighted by atomic mass is 16.5. The second kappa shape index (κ2) is 7.00. The second-order valence-corrected chi connectivity index (χ2v) is 5.35. The summed E-state index contributed by atoms with van der Waals surface area (Å²) in [6, 6.07) is 14.3. The molecule has 122 valence electrons. The van der Waals surface area contributed by atoms with Crippen molar-refractivity contribution in [2.24, 2.45) is 0 Å². The number of carboxylic acids is 1. The van der Waals surface area contributed by atoms with Crippen LogP contribution in [0, 0.1) is 0 Å². The summed E-state index contributed by atoms with van der Waals surface area (Å²) in [6.07, 6.45) is 1.93. The van der Waals surface area contributed by atoms with Crippen LogP contribution >= 0.6 is 0 Å². The Balaban J connectivity index is 1.84. The molecule has 0 saturated heterocycles. The fourth-order valence-corrected chi connectivity index (χ4v) is 2.43. The van der Waals surface area contributed by atoms with Crippen molar-refractivity contribution < 1.29 is 19.1 Å². The van der Waals surface area contributed by atoms with Crippen LogP contribution in [0.15, 0.2) is 64.0 Å². The number of fused-ring (bicyclic) bond motifs is 1. The summed E-state index contributed by atoms with van der Waals surface area (Å²) >= 11 is 0. The van der Waals surface area contributed by atoms with Crippen LogP contribution in [0.4, 0.5) is 0 Å². The number of benzene rings is 2. The first-order chi connectivity index (χ1) is 11.6. The summed E-state index contributed by atoms with van der Waals surface area (Å²) in [6.45, 7) is 0.296.